The lowest BCUT2D eigenvalue weighted by Crippen LogP contribution is -2.64. The average Bonchev–Trinajstić information content (AvgIpc) is 3.18. The number of non-ortho nitro benzene ring substituents is 1. The van der Waals surface area contributed by atoms with Gasteiger partial charge in [-0.25, -0.2) is 0 Å². The number of thioether (sulfide) groups is 1. The number of ether oxygens (including phenoxy) is 3. The third-order valence-corrected chi connectivity index (χ3v) is 11.9. The van der Waals surface area contributed by atoms with Crippen molar-refractivity contribution in [3.05, 3.63) is 107 Å². The topological polar surface area (TPSA) is 159 Å². The first kappa shape index (κ1) is 41.3. The van der Waals surface area contributed by atoms with Crippen LogP contribution in [0.1, 0.15) is 82.9 Å². The Morgan fingerprint density at radius 3 is 2.59 bits per heavy atom. The monoisotopic (exact) mass is 786 g/mol. The van der Waals surface area contributed by atoms with Crippen molar-refractivity contribution in [1.29, 1.82) is 0 Å². The molecule has 0 spiro atoms. The van der Waals surface area contributed by atoms with Gasteiger partial charge in [-0.2, -0.15) is 11.8 Å². The molecule has 0 bridgehead atoms. The Balaban J connectivity index is 1.52. The zero-order valence-electron chi connectivity index (χ0n) is 32.5. The van der Waals surface area contributed by atoms with Crippen LogP contribution in [0, 0.1) is 27.9 Å². The van der Waals surface area contributed by atoms with Gasteiger partial charge in [-0.15, -0.1) is 6.58 Å². The number of unbranched alkanes of at least 4 members (excludes halogenated alkanes) is 2. The van der Waals surface area contributed by atoms with Gasteiger partial charge in [-0.1, -0.05) is 36.2 Å². The van der Waals surface area contributed by atoms with E-state index in [2.05, 4.69) is 22.6 Å². The highest BCUT2D eigenvalue weighted by Crippen LogP contribution is 2.62. The third-order valence-electron chi connectivity index (χ3n) is 10.6. The third kappa shape index (κ3) is 9.62. The molecule has 1 aliphatic heterocycles. The molecule has 300 valence electrons. The summed E-state index contributed by atoms with van der Waals surface area (Å²) in [4.78, 5) is 26.1. The molecule has 13 heteroatoms. The first-order valence-corrected chi connectivity index (χ1v) is 20.7. The Labute approximate surface area is 333 Å². The van der Waals surface area contributed by atoms with Crippen LogP contribution in [0.25, 0.3) is 0 Å². The number of hydrogen-bond acceptors (Lipinski definition) is 12. The van der Waals surface area contributed by atoms with E-state index in [0.717, 1.165) is 54.0 Å². The number of oxime groups is 1. The van der Waals surface area contributed by atoms with Crippen LogP contribution in [0.5, 0.6) is 17.2 Å². The number of nitro groups is 1. The first-order valence-electron chi connectivity index (χ1n) is 19.6. The fraction of sp³-hybridized carbons (Fsp3) is 0.512. The Bertz CT molecular complexity index is 1870. The van der Waals surface area contributed by atoms with Gasteiger partial charge in [0.25, 0.3) is 5.69 Å². The molecule has 3 aromatic rings. The van der Waals surface area contributed by atoms with Crippen molar-refractivity contribution >= 4 is 23.2 Å². The molecule has 6 rings (SSSR count). The minimum Gasteiger partial charge on any atom is -0.460 e. The standard InChI is InChI=1S/C43H54N4O8S/c1-5-22-52-43-39(56-23-17-30-28-44-18-19-45-30)27-37(46-55-42(2,3)4)35-24-29(11-6-8-20-48)34(14-7-9-21-49)40(41(35)43)36-26-33(15-16-38(36)54-43)53-32-13-10-12-31(25-32)47(50)51/h5,10,12-13,15-16,18-19,24-26,28-29,34,39-41,48-49H,1,6-9,11,14,17,20-23,27H2,2-4H3. The summed E-state index contributed by atoms with van der Waals surface area (Å²) in [5, 5.41) is 36.0. The normalized spacial score (nSPS) is 24.7. The van der Waals surface area contributed by atoms with Gasteiger partial charge in [0.1, 0.15) is 22.8 Å². The van der Waals surface area contributed by atoms with E-state index in [9.17, 15) is 20.3 Å². The summed E-state index contributed by atoms with van der Waals surface area (Å²) in [6, 6.07) is 11.9. The molecule has 2 heterocycles. The number of nitrogens with zero attached hydrogens (tertiary/aromatic N) is 4. The van der Waals surface area contributed by atoms with Crippen LogP contribution in [0.3, 0.4) is 0 Å². The molecule has 1 fully saturated rings. The van der Waals surface area contributed by atoms with Crippen molar-refractivity contribution < 1.29 is 34.2 Å². The summed E-state index contributed by atoms with van der Waals surface area (Å²) in [6.07, 6.45) is 15.3. The second kappa shape index (κ2) is 18.8. The number of allylic oxidation sites excluding steroid dienone is 1. The second-order valence-electron chi connectivity index (χ2n) is 15.6. The van der Waals surface area contributed by atoms with E-state index in [0.29, 0.717) is 42.9 Å². The molecular weight excluding hydrogens is 733 g/mol. The van der Waals surface area contributed by atoms with Gasteiger partial charge >= 0.3 is 0 Å². The first-order chi connectivity index (χ1) is 27.1. The second-order valence-corrected chi connectivity index (χ2v) is 16.9. The molecule has 2 aromatic carbocycles. The van der Waals surface area contributed by atoms with Crippen LogP contribution in [-0.2, 0) is 16.0 Å². The van der Waals surface area contributed by atoms with Gasteiger partial charge in [0.2, 0.25) is 5.79 Å². The number of aryl methyl sites for hydroxylation is 1. The average molecular weight is 787 g/mol. The largest absolute Gasteiger partial charge is 0.460 e. The molecule has 6 atom stereocenters. The number of rotatable bonds is 19. The van der Waals surface area contributed by atoms with E-state index >= 15 is 0 Å². The van der Waals surface area contributed by atoms with E-state index in [1.165, 1.54) is 12.1 Å². The van der Waals surface area contributed by atoms with Gasteiger partial charge in [-0.3, -0.25) is 20.1 Å². The Kier molecular flexibility index (Phi) is 13.8. The molecule has 2 N–H and O–H groups in total. The molecule has 2 aliphatic carbocycles. The maximum Gasteiger partial charge on any atom is 0.273 e. The summed E-state index contributed by atoms with van der Waals surface area (Å²) in [7, 11) is 0. The van der Waals surface area contributed by atoms with Crippen molar-refractivity contribution in [2.75, 3.05) is 25.6 Å². The van der Waals surface area contributed by atoms with Crippen LogP contribution in [-0.4, -0.2) is 73.0 Å². The molecule has 12 nitrogen and oxygen atoms in total. The van der Waals surface area contributed by atoms with Crippen LogP contribution >= 0.6 is 11.8 Å². The predicted molar refractivity (Wildman–Crippen MR) is 217 cm³/mol. The highest BCUT2D eigenvalue weighted by atomic mass is 32.2. The van der Waals surface area contributed by atoms with E-state index in [1.54, 1.807) is 48.6 Å². The molecule has 0 radical (unpaired) electrons. The lowest BCUT2D eigenvalue weighted by Gasteiger charge is -2.58. The summed E-state index contributed by atoms with van der Waals surface area (Å²) in [5.41, 5.74) is 3.19. The molecule has 56 heavy (non-hydrogen) atoms. The Hall–Kier alpha value is -4.30. The van der Waals surface area contributed by atoms with Crippen molar-refractivity contribution in [3.8, 4) is 17.2 Å². The number of aliphatic hydroxyl groups excluding tert-OH is 2. The van der Waals surface area contributed by atoms with Gasteiger partial charge in [0, 0.05) is 62.2 Å². The number of hydrogen-bond donors (Lipinski definition) is 2. The number of aliphatic hydroxyl groups is 2. The molecule has 0 amide bonds. The molecular formula is C43H54N4O8S. The highest BCUT2D eigenvalue weighted by Gasteiger charge is 2.64. The number of fused-ring (bicyclic) bond motifs is 2. The maximum atomic E-state index is 11.6. The summed E-state index contributed by atoms with van der Waals surface area (Å²) >= 11 is 1.77. The predicted octanol–water partition coefficient (Wildman–Crippen LogP) is 8.59. The van der Waals surface area contributed by atoms with Crippen LogP contribution in [0.15, 0.2) is 90.5 Å². The minimum absolute atomic E-state index is 0.0565. The molecule has 1 saturated carbocycles. The fourth-order valence-corrected chi connectivity index (χ4v) is 9.68. The lowest BCUT2D eigenvalue weighted by molar-refractivity contribution is -0.384. The minimum atomic E-state index is -1.11. The van der Waals surface area contributed by atoms with Crippen molar-refractivity contribution in [3.63, 3.8) is 0 Å². The maximum absolute atomic E-state index is 11.6. The Morgan fingerprint density at radius 1 is 1.09 bits per heavy atom. The number of nitro benzene ring substituents is 1. The van der Waals surface area contributed by atoms with Gasteiger partial charge < -0.3 is 29.3 Å². The fourth-order valence-electron chi connectivity index (χ4n) is 8.29. The highest BCUT2D eigenvalue weighted by molar-refractivity contribution is 8.00. The zero-order valence-corrected chi connectivity index (χ0v) is 33.4. The summed E-state index contributed by atoms with van der Waals surface area (Å²) in [5.74, 6) is 1.02. The quantitative estimate of drug-likeness (QED) is 0.0519. The molecule has 0 saturated heterocycles. The molecule has 3 aliphatic rings. The van der Waals surface area contributed by atoms with Crippen LogP contribution < -0.4 is 9.47 Å². The van der Waals surface area contributed by atoms with E-state index in [-0.39, 0.29) is 54.4 Å². The Morgan fingerprint density at radius 2 is 1.88 bits per heavy atom. The van der Waals surface area contributed by atoms with E-state index < -0.39 is 16.3 Å². The number of aromatic nitrogens is 2. The lowest BCUT2D eigenvalue weighted by atomic mass is 9.56. The van der Waals surface area contributed by atoms with E-state index in [4.69, 9.17) is 24.2 Å². The summed E-state index contributed by atoms with van der Waals surface area (Å²) in [6.45, 7) is 10.5. The van der Waals surface area contributed by atoms with Crippen LogP contribution in [0.4, 0.5) is 5.69 Å². The smallest absolute Gasteiger partial charge is 0.273 e. The van der Waals surface area contributed by atoms with Gasteiger partial charge in [-0.05, 0) is 93.9 Å². The zero-order chi connectivity index (χ0) is 39.7. The van der Waals surface area contributed by atoms with Crippen molar-refractivity contribution in [1.82, 2.24) is 9.97 Å². The van der Waals surface area contributed by atoms with E-state index in [1.807, 2.05) is 39.0 Å². The van der Waals surface area contributed by atoms with Crippen molar-refractivity contribution in [2.24, 2.45) is 22.9 Å². The van der Waals surface area contributed by atoms with Crippen LogP contribution in [0.2, 0.25) is 0 Å². The SMILES string of the molecule is C=CCOC12Oc3ccc(Oc4cccc([N+](=O)[O-])c4)cc3C3C(CCCCO)C(CCCCO)C=C(C(=NOC(C)(C)C)CC1SCCc1cnccn1)C32. The summed E-state index contributed by atoms with van der Waals surface area (Å²) < 4.78 is 20.6. The van der Waals surface area contributed by atoms with Gasteiger partial charge in [0.05, 0.1) is 40.2 Å². The van der Waals surface area contributed by atoms with Crippen molar-refractivity contribution in [2.45, 2.75) is 94.7 Å². The molecule has 6 unspecified atom stereocenters. The molecule has 1 aromatic heterocycles. The number of benzene rings is 2. The van der Waals surface area contributed by atoms with Gasteiger partial charge in [0.15, 0.2) is 0 Å².